The number of nitrogens with one attached hydrogen (secondary N) is 4. The van der Waals surface area contributed by atoms with Gasteiger partial charge in [-0.05, 0) is 47.9 Å². The molecule has 1 aliphatic rings. The lowest BCUT2D eigenvalue weighted by molar-refractivity contribution is -0.192. The Labute approximate surface area is 274 Å². The zero-order valence-electron chi connectivity index (χ0n) is 26.1. The summed E-state index contributed by atoms with van der Waals surface area (Å²) in [5, 5.41) is 21.5. The molecule has 48 heavy (non-hydrogen) atoms. The Morgan fingerprint density at radius 2 is 1.75 bits per heavy atom. The molecular weight excluding hydrogens is 637 g/mol. The van der Waals surface area contributed by atoms with Gasteiger partial charge in [-0.1, -0.05) is 42.5 Å². The quantitative estimate of drug-likeness (QED) is 0.132. The second-order valence-electron chi connectivity index (χ2n) is 10.7. The van der Waals surface area contributed by atoms with E-state index in [1.54, 1.807) is 12.1 Å². The number of amides is 2. The molecule has 0 aliphatic carbocycles. The first kappa shape index (κ1) is 37.5. The molecule has 0 bridgehead atoms. The van der Waals surface area contributed by atoms with Gasteiger partial charge in [-0.25, -0.2) is 14.4 Å². The summed E-state index contributed by atoms with van der Waals surface area (Å²) >= 11 is 0. The molecule has 2 atom stereocenters. The molecule has 2 heterocycles. The van der Waals surface area contributed by atoms with E-state index in [0.29, 0.717) is 18.8 Å². The van der Waals surface area contributed by atoms with Gasteiger partial charge >= 0.3 is 24.1 Å². The minimum atomic E-state index is -5.08. The van der Waals surface area contributed by atoms with E-state index in [0.717, 1.165) is 35.7 Å². The van der Waals surface area contributed by atoms with E-state index in [1.807, 2.05) is 42.5 Å². The Hall–Kier alpha value is -4.93. The monoisotopic (exact) mass is 674 g/mol. The molecular formula is C32H37F3N6O7. The van der Waals surface area contributed by atoms with Crippen LogP contribution in [0.4, 0.5) is 18.9 Å². The molecule has 1 unspecified atom stereocenters. The molecule has 258 valence electrons. The summed E-state index contributed by atoms with van der Waals surface area (Å²) in [4.78, 5) is 64.6. The average molecular weight is 675 g/mol. The van der Waals surface area contributed by atoms with E-state index in [-0.39, 0.29) is 30.9 Å². The maximum Gasteiger partial charge on any atom is 0.490 e. The van der Waals surface area contributed by atoms with Gasteiger partial charge in [-0.3, -0.25) is 19.5 Å². The number of anilines is 1. The van der Waals surface area contributed by atoms with Crippen molar-refractivity contribution in [1.82, 2.24) is 26.3 Å². The highest BCUT2D eigenvalue weighted by molar-refractivity contribution is 6.00. The number of ether oxygens (including phenoxy) is 1. The zero-order chi connectivity index (χ0) is 35.1. The minimum Gasteiger partial charge on any atom is -0.475 e. The van der Waals surface area contributed by atoms with Crippen molar-refractivity contribution in [2.45, 2.75) is 44.6 Å². The summed E-state index contributed by atoms with van der Waals surface area (Å²) in [7, 11) is 0. The number of esters is 2. The van der Waals surface area contributed by atoms with E-state index in [2.05, 4.69) is 26.3 Å². The third kappa shape index (κ3) is 12.4. The number of alkyl halides is 3. The molecule has 4 rings (SSSR count). The second-order valence-corrected chi connectivity index (χ2v) is 10.7. The number of carbonyl (C=O) groups excluding carboxylic acids is 4. The third-order valence-electron chi connectivity index (χ3n) is 7.10. The number of pyridine rings is 1. The number of benzene rings is 2. The molecule has 5 N–H and O–H groups in total. The Morgan fingerprint density at radius 1 is 1.06 bits per heavy atom. The van der Waals surface area contributed by atoms with Crippen molar-refractivity contribution < 1.29 is 47.0 Å². The molecule has 13 nitrogen and oxygen atoms in total. The van der Waals surface area contributed by atoms with Crippen LogP contribution in [0.5, 0.6) is 0 Å². The maximum absolute atomic E-state index is 13.3. The molecule has 3 aromatic rings. The molecule has 1 saturated heterocycles. The predicted molar refractivity (Wildman–Crippen MR) is 169 cm³/mol. The number of fused-ring (bicyclic) bond motifs is 1. The van der Waals surface area contributed by atoms with E-state index in [1.165, 1.54) is 24.2 Å². The third-order valence-corrected chi connectivity index (χ3v) is 7.10. The van der Waals surface area contributed by atoms with E-state index >= 15 is 0 Å². The van der Waals surface area contributed by atoms with Crippen molar-refractivity contribution in [2.75, 3.05) is 37.6 Å². The Kier molecular flexibility index (Phi) is 14.4. The highest BCUT2D eigenvalue weighted by Gasteiger charge is 2.38. The number of halogens is 3. The Morgan fingerprint density at radius 3 is 2.40 bits per heavy atom. The second kappa shape index (κ2) is 18.4. The molecule has 2 aromatic carbocycles. The van der Waals surface area contributed by atoms with Crippen LogP contribution in [0.1, 0.15) is 25.3 Å². The fraction of sp³-hybridized carbons (Fsp3) is 0.375. The number of carboxylic acids is 1. The number of carbonyl (C=O) groups is 5. The first-order valence-corrected chi connectivity index (χ1v) is 15.0. The van der Waals surface area contributed by atoms with Crippen molar-refractivity contribution in [2.24, 2.45) is 0 Å². The maximum atomic E-state index is 13.3. The van der Waals surface area contributed by atoms with Crippen LogP contribution in [0.25, 0.3) is 10.8 Å². The number of carboxylic acid groups (broad SMARTS) is 1. The number of hydrogen-bond donors (Lipinski definition) is 5. The fourth-order valence-electron chi connectivity index (χ4n) is 4.74. The van der Waals surface area contributed by atoms with Gasteiger partial charge in [0.05, 0.1) is 6.54 Å². The van der Waals surface area contributed by atoms with Crippen LogP contribution in [-0.2, 0) is 35.3 Å². The van der Waals surface area contributed by atoms with Crippen molar-refractivity contribution in [3.8, 4) is 0 Å². The van der Waals surface area contributed by atoms with Crippen molar-refractivity contribution >= 4 is 46.2 Å². The van der Waals surface area contributed by atoms with Crippen LogP contribution < -0.4 is 26.2 Å². The number of nitrogens with zero attached hydrogens (tertiary/aromatic N) is 2. The van der Waals surface area contributed by atoms with Gasteiger partial charge in [-0.15, -0.1) is 0 Å². The number of rotatable bonds is 13. The first-order valence-electron chi connectivity index (χ1n) is 15.0. The zero-order valence-corrected chi connectivity index (χ0v) is 26.1. The normalized spacial score (nSPS) is 14.7. The molecule has 16 heteroatoms. The number of aromatic nitrogens is 1. The molecule has 0 saturated carbocycles. The average Bonchev–Trinajstić information content (AvgIpc) is 3.57. The molecule has 2 amide bonds. The summed E-state index contributed by atoms with van der Waals surface area (Å²) in [5.74, 6) is -5.14. The van der Waals surface area contributed by atoms with Crippen LogP contribution in [0.2, 0.25) is 0 Å². The fourth-order valence-corrected chi connectivity index (χ4v) is 4.74. The largest absolute Gasteiger partial charge is 0.490 e. The van der Waals surface area contributed by atoms with Gasteiger partial charge in [-0.2, -0.15) is 13.2 Å². The summed E-state index contributed by atoms with van der Waals surface area (Å²) in [6.07, 6.45) is -0.0488. The van der Waals surface area contributed by atoms with Crippen molar-refractivity contribution in [3.05, 3.63) is 72.6 Å². The standard InChI is InChI=1S/C30H36N6O5.C2HF3O2/c1-21(37)34-18-27(35-17-24-9-5-13-33-24)30(40)41-29(39)20-36(25-11-14-31-15-12-25)28(38)19-32-16-23-8-4-7-22-6-2-3-10-26(22)23;3-2(4,5)1(6)7/h2-4,6-8,10-12,14-15,24,27,32-33,35H,5,9,13,16-20H2,1H3,(H,34,37);(H,6,7)/t24?,27-;/m0./s1. The summed E-state index contributed by atoms with van der Waals surface area (Å²) in [6, 6.07) is 16.5. The van der Waals surface area contributed by atoms with Crippen LogP contribution in [0.3, 0.4) is 0 Å². The van der Waals surface area contributed by atoms with Crippen LogP contribution in [-0.4, -0.2) is 90.8 Å². The lowest BCUT2D eigenvalue weighted by Gasteiger charge is -2.23. The molecule has 1 fully saturated rings. The summed E-state index contributed by atoms with van der Waals surface area (Å²) in [6.45, 7) is 2.64. The minimum absolute atomic E-state index is 0.0285. The van der Waals surface area contributed by atoms with Gasteiger partial charge in [0.1, 0.15) is 12.6 Å². The van der Waals surface area contributed by atoms with Crippen molar-refractivity contribution in [1.29, 1.82) is 0 Å². The number of aliphatic carboxylic acids is 1. The Balaban J connectivity index is 0.000000804. The van der Waals surface area contributed by atoms with Gasteiger partial charge in [0.25, 0.3) is 0 Å². The first-order chi connectivity index (χ1) is 22.8. The van der Waals surface area contributed by atoms with Crippen LogP contribution in [0, 0.1) is 0 Å². The predicted octanol–water partition coefficient (Wildman–Crippen LogP) is 1.91. The molecule has 1 aromatic heterocycles. The summed E-state index contributed by atoms with van der Waals surface area (Å²) < 4.78 is 36.9. The number of hydrogen-bond acceptors (Lipinski definition) is 10. The lowest BCUT2D eigenvalue weighted by atomic mass is 10.0. The lowest BCUT2D eigenvalue weighted by Crippen LogP contribution is -2.51. The van der Waals surface area contributed by atoms with Gasteiger partial charge in [0, 0.05) is 50.7 Å². The van der Waals surface area contributed by atoms with E-state index in [4.69, 9.17) is 14.6 Å². The molecule has 0 spiro atoms. The van der Waals surface area contributed by atoms with E-state index in [9.17, 15) is 32.3 Å². The van der Waals surface area contributed by atoms with Crippen LogP contribution >= 0.6 is 0 Å². The highest BCUT2D eigenvalue weighted by Crippen LogP contribution is 2.18. The van der Waals surface area contributed by atoms with E-state index < -0.39 is 36.7 Å². The molecule has 1 aliphatic heterocycles. The summed E-state index contributed by atoms with van der Waals surface area (Å²) in [5.41, 5.74) is 1.49. The van der Waals surface area contributed by atoms with Crippen molar-refractivity contribution in [3.63, 3.8) is 0 Å². The van der Waals surface area contributed by atoms with Crippen LogP contribution in [0.15, 0.2) is 67.0 Å². The smallest absolute Gasteiger partial charge is 0.475 e. The topological polar surface area (TPSA) is 179 Å². The molecule has 0 radical (unpaired) electrons. The SMILES string of the molecule is CC(=O)NC[C@H](NCC1CCCN1)C(=O)OC(=O)CN(C(=O)CNCc1cccc2ccccc12)c1ccncc1.O=C(O)C(F)(F)F. The van der Waals surface area contributed by atoms with Gasteiger partial charge in [0.2, 0.25) is 11.8 Å². The highest BCUT2D eigenvalue weighted by atomic mass is 19.4. The van der Waals surface area contributed by atoms with Gasteiger partial charge < -0.3 is 31.1 Å². The Bertz CT molecular complexity index is 1550. The van der Waals surface area contributed by atoms with Gasteiger partial charge in [0.15, 0.2) is 0 Å².